The summed E-state index contributed by atoms with van der Waals surface area (Å²) in [5.41, 5.74) is 0.766. The molecule has 0 saturated heterocycles. The predicted octanol–water partition coefficient (Wildman–Crippen LogP) is 2.80. The van der Waals surface area contributed by atoms with Gasteiger partial charge in [0.1, 0.15) is 5.82 Å². The lowest BCUT2D eigenvalue weighted by Gasteiger charge is -2.31. The fourth-order valence-electron chi connectivity index (χ4n) is 3.07. The van der Waals surface area contributed by atoms with Crippen LogP contribution >= 0.6 is 0 Å². The van der Waals surface area contributed by atoms with Gasteiger partial charge in [0.15, 0.2) is 5.82 Å². The van der Waals surface area contributed by atoms with E-state index >= 15 is 0 Å². The van der Waals surface area contributed by atoms with Crippen molar-refractivity contribution in [3.8, 4) is 11.4 Å². The van der Waals surface area contributed by atoms with Crippen molar-refractivity contribution in [3.05, 3.63) is 30.1 Å². The van der Waals surface area contributed by atoms with Crippen molar-refractivity contribution in [2.24, 2.45) is 0 Å². The molecule has 1 aromatic heterocycles. The Kier molecular flexibility index (Phi) is 4.43. The third-order valence-corrected chi connectivity index (χ3v) is 4.30. The largest absolute Gasteiger partial charge is 0.389 e. The second-order valence-electron chi connectivity index (χ2n) is 6.33. The van der Waals surface area contributed by atoms with Crippen LogP contribution in [0.15, 0.2) is 24.3 Å². The van der Waals surface area contributed by atoms with E-state index in [1.165, 1.54) is 0 Å². The number of aliphatic hydroxyl groups is 1. The van der Waals surface area contributed by atoms with Gasteiger partial charge in [-0.05, 0) is 44.0 Å². The van der Waals surface area contributed by atoms with E-state index < -0.39 is 5.60 Å². The highest BCUT2D eigenvalue weighted by molar-refractivity contribution is 5.91. The molecule has 2 aromatic rings. The number of carbonyl (C=O) groups is 1. The topological polar surface area (TPSA) is 90.9 Å². The van der Waals surface area contributed by atoms with Crippen LogP contribution in [-0.4, -0.2) is 31.8 Å². The molecule has 1 saturated carbocycles. The Morgan fingerprint density at radius 2 is 1.96 bits per heavy atom. The lowest BCUT2D eigenvalue weighted by atomic mass is 9.82. The van der Waals surface area contributed by atoms with Gasteiger partial charge in [0.25, 0.3) is 0 Å². The van der Waals surface area contributed by atoms with Crippen LogP contribution in [0, 0.1) is 6.92 Å². The molecule has 122 valence electrons. The van der Waals surface area contributed by atoms with Crippen molar-refractivity contribution in [3.63, 3.8) is 0 Å². The molecule has 1 fully saturated rings. The highest BCUT2D eigenvalue weighted by atomic mass is 16.3. The van der Waals surface area contributed by atoms with Crippen LogP contribution in [0.25, 0.3) is 11.4 Å². The van der Waals surface area contributed by atoms with Gasteiger partial charge < -0.3 is 10.4 Å². The Morgan fingerprint density at radius 1 is 1.26 bits per heavy atom. The maximum absolute atomic E-state index is 12.1. The summed E-state index contributed by atoms with van der Waals surface area (Å²) in [6.07, 6.45) is 4.72. The minimum Gasteiger partial charge on any atom is -0.389 e. The molecule has 1 aliphatic rings. The molecule has 0 aliphatic heterocycles. The molecule has 0 bridgehead atoms. The standard InChI is InChI=1S/C17H22N4O2/c1-12-18-16(21-20-12)13-5-7-14(8-6-13)19-15(22)11-17(23)9-3-2-4-10-17/h5-8,23H,2-4,9-11H2,1H3,(H,19,22)(H,18,20,21). The van der Waals surface area contributed by atoms with Crippen molar-refractivity contribution < 1.29 is 9.90 Å². The van der Waals surface area contributed by atoms with Gasteiger partial charge in [-0.3, -0.25) is 9.89 Å². The Morgan fingerprint density at radius 3 is 2.57 bits per heavy atom. The maximum atomic E-state index is 12.1. The van der Waals surface area contributed by atoms with Crippen molar-refractivity contribution >= 4 is 11.6 Å². The number of hydrogen-bond donors (Lipinski definition) is 3. The minimum absolute atomic E-state index is 0.143. The van der Waals surface area contributed by atoms with Crippen LogP contribution in [0.2, 0.25) is 0 Å². The number of H-pyrrole nitrogens is 1. The van der Waals surface area contributed by atoms with Gasteiger partial charge >= 0.3 is 0 Å². The van der Waals surface area contributed by atoms with E-state index in [2.05, 4.69) is 20.5 Å². The van der Waals surface area contributed by atoms with E-state index in [-0.39, 0.29) is 12.3 Å². The highest BCUT2D eigenvalue weighted by Gasteiger charge is 2.31. The van der Waals surface area contributed by atoms with Crippen LogP contribution in [0.5, 0.6) is 0 Å². The summed E-state index contributed by atoms with van der Waals surface area (Å²) in [6, 6.07) is 7.38. The van der Waals surface area contributed by atoms with Crippen molar-refractivity contribution in [2.75, 3.05) is 5.32 Å². The second kappa shape index (κ2) is 6.50. The van der Waals surface area contributed by atoms with Gasteiger partial charge in [0, 0.05) is 11.3 Å². The summed E-state index contributed by atoms with van der Waals surface area (Å²) in [4.78, 5) is 16.4. The normalized spacial score (nSPS) is 17.0. The Hall–Kier alpha value is -2.21. The van der Waals surface area contributed by atoms with Crippen LogP contribution in [0.1, 0.15) is 44.3 Å². The molecule has 1 heterocycles. The van der Waals surface area contributed by atoms with Gasteiger partial charge in [0.2, 0.25) is 5.91 Å². The van der Waals surface area contributed by atoms with E-state index in [9.17, 15) is 9.90 Å². The van der Waals surface area contributed by atoms with Crippen molar-refractivity contribution in [1.82, 2.24) is 15.2 Å². The summed E-state index contributed by atoms with van der Waals surface area (Å²) < 4.78 is 0. The molecule has 1 amide bonds. The van der Waals surface area contributed by atoms with Gasteiger partial charge in [-0.1, -0.05) is 19.3 Å². The van der Waals surface area contributed by atoms with E-state index in [0.717, 1.165) is 30.7 Å². The van der Waals surface area contributed by atoms with Gasteiger partial charge in [-0.25, -0.2) is 4.98 Å². The summed E-state index contributed by atoms with van der Waals surface area (Å²) in [6.45, 7) is 1.85. The number of aromatic nitrogens is 3. The first-order valence-electron chi connectivity index (χ1n) is 8.06. The zero-order valence-electron chi connectivity index (χ0n) is 13.3. The average Bonchev–Trinajstić information content (AvgIpc) is 2.94. The number of aromatic amines is 1. The third kappa shape index (κ3) is 3.96. The monoisotopic (exact) mass is 314 g/mol. The first-order valence-corrected chi connectivity index (χ1v) is 8.06. The number of carbonyl (C=O) groups excluding carboxylic acids is 1. The molecule has 0 radical (unpaired) electrons. The van der Waals surface area contributed by atoms with E-state index in [1.54, 1.807) is 0 Å². The molecule has 6 nitrogen and oxygen atoms in total. The number of anilines is 1. The lowest BCUT2D eigenvalue weighted by molar-refractivity contribution is -0.122. The predicted molar refractivity (Wildman–Crippen MR) is 87.8 cm³/mol. The fourth-order valence-corrected chi connectivity index (χ4v) is 3.07. The zero-order chi connectivity index (χ0) is 16.3. The third-order valence-electron chi connectivity index (χ3n) is 4.30. The van der Waals surface area contributed by atoms with Crippen LogP contribution < -0.4 is 5.32 Å². The number of nitrogens with one attached hydrogen (secondary N) is 2. The molecule has 23 heavy (non-hydrogen) atoms. The first-order chi connectivity index (χ1) is 11.0. The molecule has 3 N–H and O–H groups in total. The Balaban J connectivity index is 1.60. The molecular formula is C17H22N4O2. The van der Waals surface area contributed by atoms with Gasteiger partial charge in [0.05, 0.1) is 12.0 Å². The SMILES string of the molecule is Cc1nc(-c2ccc(NC(=O)CC3(O)CCCCC3)cc2)n[nH]1. The first kappa shape index (κ1) is 15.7. The Bertz CT molecular complexity index is 672. The molecule has 0 unspecified atom stereocenters. The summed E-state index contributed by atoms with van der Waals surface area (Å²) in [5.74, 6) is 1.26. The van der Waals surface area contributed by atoms with E-state index in [0.29, 0.717) is 24.4 Å². The van der Waals surface area contributed by atoms with Gasteiger partial charge in [-0.15, -0.1) is 0 Å². The van der Waals surface area contributed by atoms with Crippen molar-refractivity contribution in [1.29, 1.82) is 0 Å². The number of rotatable bonds is 4. The van der Waals surface area contributed by atoms with Crippen LogP contribution in [-0.2, 0) is 4.79 Å². The number of nitrogens with zero attached hydrogens (tertiary/aromatic N) is 2. The van der Waals surface area contributed by atoms with Crippen molar-refractivity contribution in [2.45, 2.75) is 51.0 Å². The van der Waals surface area contributed by atoms with E-state index in [4.69, 9.17) is 0 Å². The summed E-state index contributed by atoms with van der Waals surface area (Å²) in [7, 11) is 0. The Labute approximate surface area is 135 Å². The molecule has 6 heteroatoms. The summed E-state index contributed by atoms with van der Waals surface area (Å²) >= 11 is 0. The number of aryl methyl sites for hydroxylation is 1. The molecule has 1 aliphatic carbocycles. The highest BCUT2D eigenvalue weighted by Crippen LogP contribution is 2.31. The maximum Gasteiger partial charge on any atom is 0.227 e. The molecule has 1 aromatic carbocycles. The number of hydrogen-bond acceptors (Lipinski definition) is 4. The number of benzene rings is 1. The molecule has 0 spiro atoms. The van der Waals surface area contributed by atoms with E-state index in [1.807, 2.05) is 31.2 Å². The minimum atomic E-state index is -0.835. The molecule has 0 atom stereocenters. The fraction of sp³-hybridized carbons (Fsp3) is 0.471. The molecule has 3 rings (SSSR count). The van der Waals surface area contributed by atoms with Crippen LogP contribution in [0.4, 0.5) is 5.69 Å². The quantitative estimate of drug-likeness (QED) is 0.809. The number of amides is 1. The average molecular weight is 314 g/mol. The van der Waals surface area contributed by atoms with Gasteiger partial charge in [-0.2, -0.15) is 5.10 Å². The summed E-state index contributed by atoms with van der Waals surface area (Å²) in [5, 5.41) is 20.2. The lowest BCUT2D eigenvalue weighted by Crippen LogP contribution is -2.35. The molecular weight excluding hydrogens is 292 g/mol. The second-order valence-corrected chi connectivity index (χ2v) is 6.33. The van der Waals surface area contributed by atoms with Crippen LogP contribution in [0.3, 0.4) is 0 Å². The smallest absolute Gasteiger partial charge is 0.227 e. The zero-order valence-corrected chi connectivity index (χ0v) is 13.3.